The third-order valence-electron chi connectivity index (χ3n) is 3.53. The number of hydrogen-bond donors (Lipinski definition) is 0. The molecule has 2 aromatic rings. The number of hydrogen-bond acceptors (Lipinski definition) is 6. The van der Waals surface area contributed by atoms with Crippen molar-refractivity contribution in [3.8, 4) is 6.07 Å². The van der Waals surface area contributed by atoms with Gasteiger partial charge in [-0.1, -0.05) is 13.8 Å². The lowest BCUT2D eigenvalue weighted by atomic mass is 10.0. The summed E-state index contributed by atoms with van der Waals surface area (Å²) in [6.07, 6.45) is 1.59. The molecule has 2 rings (SSSR count). The van der Waals surface area contributed by atoms with E-state index < -0.39 is 0 Å². The first-order valence-electron chi connectivity index (χ1n) is 7.00. The highest BCUT2D eigenvalue weighted by molar-refractivity contribution is 7.09. The Kier molecular flexibility index (Phi) is 4.86. The minimum atomic E-state index is 0.647. The fourth-order valence-electron chi connectivity index (χ4n) is 2.32. The van der Waals surface area contributed by atoms with Crippen LogP contribution >= 0.6 is 11.3 Å². The van der Waals surface area contributed by atoms with Crippen LogP contribution < -0.4 is 4.90 Å². The Labute approximate surface area is 129 Å². The maximum atomic E-state index is 9.53. The first-order chi connectivity index (χ1) is 10.1. The standard InChI is InChI=1S/C15H19N5S/c1-5-11-12(7-16)15(19-18-13(11)6-2)20(4)8-14-10(3)17-9-21-14/h9H,5-6,8H2,1-4H3. The van der Waals surface area contributed by atoms with E-state index in [4.69, 9.17) is 0 Å². The second-order valence-corrected chi connectivity index (χ2v) is 5.80. The number of thiazole rings is 1. The van der Waals surface area contributed by atoms with E-state index >= 15 is 0 Å². The van der Waals surface area contributed by atoms with Gasteiger partial charge in [0, 0.05) is 11.9 Å². The third-order valence-corrected chi connectivity index (χ3v) is 4.45. The zero-order chi connectivity index (χ0) is 15.4. The van der Waals surface area contributed by atoms with Crippen molar-refractivity contribution in [1.82, 2.24) is 15.2 Å². The molecule has 0 radical (unpaired) electrons. The van der Waals surface area contributed by atoms with Crippen molar-refractivity contribution in [2.24, 2.45) is 0 Å². The van der Waals surface area contributed by atoms with Gasteiger partial charge in [-0.2, -0.15) is 10.4 Å². The van der Waals surface area contributed by atoms with Gasteiger partial charge in [0.15, 0.2) is 5.82 Å². The van der Waals surface area contributed by atoms with Crippen LogP contribution in [0.15, 0.2) is 5.51 Å². The van der Waals surface area contributed by atoms with Gasteiger partial charge in [0.25, 0.3) is 0 Å². The van der Waals surface area contributed by atoms with Gasteiger partial charge in [0.2, 0.25) is 0 Å². The van der Waals surface area contributed by atoms with E-state index in [0.29, 0.717) is 17.9 Å². The molecule has 0 aliphatic heterocycles. The molecule has 6 heteroatoms. The SMILES string of the molecule is CCc1nnc(N(C)Cc2scnc2C)c(C#N)c1CC. The van der Waals surface area contributed by atoms with Crippen LogP contribution in [0.1, 0.15) is 41.2 Å². The largest absolute Gasteiger partial charge is 0.352 e. The van der Waals surface area contributed by atoms with E-state index in [1.165, 1.54) is 4.88 Å². The zero-order valence-electron chi connectivity index (χ0n) is 12.8. The highest BCUT2D eigenvalue weighted by Gasteiger charge is 2.18. The number of anilines is 1. The third kappa shape index (κ3) is 3.03. The summed E-state index contributed by atoms with van der Waals surface area (Å²) < 4.78 is 0. The summed E-state index contributed by atoms with van der Waals surface area (Å²) in [4.78, 5) is 7.42. The Morgan fingerprint density at radius 3 is 2.57 bits per heavy atom. The van der Waals surface area contributed by atoms with Crippen LogP contribution in [0.3, 0.4) is 0 Å². The van der Waals surface area contributed by atoms with Crippen molar-refractivity contribution in [2.45, 2.75) is 40.2 Å². The summed E-state index contributed by atoms with van der Waals surface area (Å²) in [5, 5.41) is 18.1. The van der Waals surface area contributed by atoms with Crippen molar-refractivity contribution >= 4 is 17.2 Å². The van der Waals surface area contributed by atoms with Crippen LogP contribution in [0.5, 0.6) is 0 Å². The summed E-state index contributed by atoms with van der Waals surface area (Å²) in [5.41, 5.74) is 5.44. The van der Waals surface area contributed by atoms with Crippen LogP contribution in [0.2, 0.25) is 0 Å². The Bertz CT molecular complexity index is 671. The molecule has 0 aliphatic rings. The molecule has 0 saturated carbocycles. The van der Waals surface area contributed by atoms with Gasteiger partial charge in [-0.3, -0.25) is 0 Å². The Morgan fingerprint density at radius 2 is 2.05 bits per heavy atom. The van der Waals surface area contributed by atoms with E-state index in [1.807, 2.05) is 38.2 Å². The monoisotopic (exact) mass is 301 g/mol. The van der Waals surface area contributed by atoms with E-state index in [-0.39, 0.29) is 0 Å². The van der Waals surface area contributed by atoms with Gasteiger partial charge in [-0.05, 0) is 25.3 Å². The fourth-order valence-corrected chi connectivity index (χ4v) is 3.14. The number of rotatable bonds is 5. The molecule has 0 unspecified atom stereocenters. The molecule has 5 nitrogen and oxygen atoms in total. The molecular weight excluding hydrogens is 282 g/mol. The molecule has 2 heterocycles. The minimum absolute atomic E-state index is 0.647. The van der Waals surface area contributed by atoms with Gasteiger partial charge in [0.1, 0.15) is 11.6 Å². The number of aromatic nitrogens is 3. The number of nitrogens with zero attached hydrogens (tertiary/aromatic N) is 5. The summed E-state index contributed by atoms with van der Waals surface area (Å²) in [6.45, 7) is 6.77. The molecule has 0 N–H and O–H groups in total. The molecule has 0 atom stereocenters. The lowest BCUT2D eigenvalue weighted by Crippen LogP contribution is -2.21. The summed E-state index contributed by atoms with van der Waals surface area (Å²) >= 11 is 1.62. The summed E-state index contributed by atoms with van der Waals surface area (Å²) in [6, 6.07) is 2.31. The molecule has 0 aromatic carbocycles. The number of aryl methyl sites for hydroxylation is 2. The van der Waals surface area contributed by atoms with Crippen molar-refractivity contribution in [3.05, 3.63) is 32.9 Å². The Hall–Kier alpha value is -2.00. The first-order valence-corrected chi connectivity index (χ1v) is 7.88. The van der Waals surface area contributed by atoms with Crippen LogP contribution in [-0.4, -0.2) is 22.2 Å². The lowest BCUT2D eigenvalue weighted by molar-refractivity contribution is 0.820. The lowest BCUT2D eigenvalue weighted by Gasteiger charge is -2.20. The molecule has 0 spiro atoms. The second-order valence-electron chi connectivity index (χ2n) is 4.86. The first kappa shape index (κ1) is 15.4. The van der Waals surface area contributed by atoms with E-state index in [1.54, 1.807) is 11.3 Å². The smallest absolute Gasteiger partial charge is 0.169 e. The van der Waals surface area contributed by atoms with Gasteiger partial charge in [-0.15, -0.1) is 16.4 Å². The molecule has 21 heavy (non-hydrogen) atoms. The fraction of sp³-hybridized carbons (Fsp3) is 0.467. The van der Waals surface area contributed by atoms with E-state index in [2.05, 4.69) is 21.3 Å². The maximum Gasteiger partial charge on any atom is 0.169 e. The summed E-state index contributed by atoms with van der Waals surface area (Å²) in [7, 11) is 1.94. The average Bonchev–Trinajstić information content (AvgIpc) is 2.90. The molecule has 0 bridgehead atoms. The molecule has 0 aliphatic carbocycles. The molecule has 0 amide bonds. The number of nitriles is 1. The maximum absolute atomic E-state index is 9.53. The predicted octanol–water partition coefficient (Wildman–Crippen LogP) is 2.87. The summed E-state index contributed by atoms with van der Waals surface area (Å²) in [5.74, 6) is 0.652. The van der Waals surface area contributed by atoms with Crippen molar-refractivity contribution in [1.29, 1.82) is 5.26 Å². The van der Waals surface area contributed by atoms with Crippen LogP contribution in [0.25, 0.3) is 0 Å². The van der Waals surface area contributed by atoms with Gasteiger partial charge >= 0.3 is 0 Å². The molecule has 110 valence electrons. The minimum Gasteiger partial charge on any atom is -0.352 e. The second kappa shape index (κ2) is 6.64. The van der Waals surface area contributed by atoms with E-state index in [0.717, 1.165) is 29.8 Å². The van der Waals surface area contributed by atoms with Crippen molar-refractivity contribution in [3.63, 3.8) is 0 Å². The Morgan fingerprint density at radius 1 is 1.29 bits per heavy atom. The zero-order valence-corrected chi connectivity index (χ0v) is 13.7. The van der Waals surface area contributed by atoms with Crippen molar-refractivity contribution < 1.29 is 0 Å². The highest BCUT2D eigenvalue weighted by Crippen LogP contribution is 2.25. The van der Waals surface area contributed by atoms with Gasteiger partial charge in [-0.25, -0.2) is 4.98 Å². The van der Waals surface area contributed by atoms with Crippen LogP contribution in [0, 0.1) is 18.3 Å². The molecular formula is C15H19N5S. The average molecular weight is 301 g/mol. The van der Waals surface area contributed by atoms with Crippen LogP contribution in [0.4, 0.5) is 5.82 Å². The topological polar surface area (TPSA) is 65.7 Å². The molecule has 2 aromatic heterocycles. The quantitative estimate of drug-likeness (QED) is 0.849. The molecule has 0 fully saturated rings. The Balaban J connectivity index is 2.39. The molecule has 0 saturated heterocycles. The van der Waals surface area contributed by atoms with Gasteiger partial charge in [0.05, 0.1) is 23.4 Å². The van der Waals surface area contributed by atoms with Crippen LogP contribution in [-0.2, 0) is 19.4 Å². The highest BCUT2D eigenvalue weighted by atomic mass is 32.1. The van der Waals surface area contributed by atoms with Crippen molar-refractivity contribution in [2.75, 3.05) is 11.9 Å². The normalized spacial score (nSPS) is 10.4. The predicted molar refractivity (Wildman–Crippen MR) is 84.5 cm³/mol. The van der Waals surface area contributed by atoms with Gasteiger partial charge < -0.3 is 4.90 Å². The van der Waals surface area contributed by atoms with E-state index in [9.17, 15) is 5.26 Å².